The highest BCUT2D eigenvalue weighted by atomic mass is 16.4. The van der Waals surface area contributed by atoms with E-state index in [-0.39, 0.29) is 17.9 Å². The van der Waals surface area contributed by atoms with Crippen LogP contribution in [0.15, 0.2) is 0 Å². The van der Waals surface area contributed by atoms with Crippen LogP contribution in [0.5, 0.6) is 0 Å². The van der Waals surface area contributed by atoms with Gasteiger partial charge in [-0.05, 0) is 31.6 Å². The molecule has 4 nitrogen and oxygen atoms in total. The molecule has 3 atom stereocenters. The Morgan fingerprint density at radius 1 is 1.06 bits per heavy atom. The summed E-state index contributed by atoms with van der Waals surface area (Å²) in [6.07, 6.45) is 7.05. The summed E-state index contributed by atoms with van der Waals surface area (Å²) in [7, 11) is 0. The highest BCUT2D eigenvalue weighted by Gasteiger charge is 2.41. The van der Waals surface area contributed by atoms with Gasteiger partial charge in [0.2, 0.25) is 5.91 Å². The maximum absolute atomic E-state index is 12.2. The molecule has 102 valence electrons. The molecule has 2 N–H and O–H groups in total. The number of hydrogen-bond acceptors (Lipinski definition) is 2. The Bertz CT molecular complexity index is 323. The molecule has 2 aliphatic rings. The normalized spacial score (nSPS) is 33.3. The van der Waals surface area contributed by atoms with Gasteiger partial charge in [0, 0.05) is 6.04 Å². The largest absolute Gasteiger partial charge is 0.481 e. The molecule has 0 aromatic carbocycles. The summed E-state index contributed by atoms with van der Waals surface area (Å²) in [4.78, 5) is 23.4. The van der Waals surface area contributed by atoms with Gasteiger partial charge in [0.1, 0.15) is 0 Å². The first-order chi connectivity index (χ1) is 8.58. The second kappa shape index (κ2) is 5.72. The molecule has 1 amide bonds. The summed E-state index contributed by atoms with van der Waals surface area (Å²) >= 11 is 0. The van der Waals surface area contributed by atoms with Crippen molar-refractivity contribution in [2.75, 3.05) is 0 Å². The lowest BCUT2D eigenvalue weighted by atomic mass is 9.92. The predicted molar refractivity (Wildman–Crippen MR) is 68.0 cm³/mol. The highest BCUT2D eigenvalue weighted by Crippen LogP contribution is 2.36. The molecular weight excluding hydrogens is 230 g/mol. The van der Waals surface area contributed by atoms with Gasteiger partial charge in [-0.2, -0.15) is 0 Å². The summed E-state index contributed by atoms with van der Waals surface area (Å²) < 4.78 is 0. The zero-order chi connectivity index (χ0) is 13.1. The topological polar surface area (TPSA) is 66.4 Å². The van der Waals surface area contributed by atoms with Gasteiger partial charge in [0.05, 0.1) is 11.8 Å². The highest BCUT2D eigenvalue weighted by molar-refractivity contribution is 5.85. The first-order valence-corrected chi connectivity index (χ1v) is 7.11. The molecule has 3 unspecified atom stereocenters. The number of rotatable bonds is 3. The standard InChI is InChI=1S/C14H23NO3/c1-9-7-11(12(8-9)14(17)18)13(16)15-10-5-3-2-4-6-10/h9-12H,2-8H2,1H3,(H,15,16)(H,17,18). The fourth-order valence-corrected chi connectivity index (χ4v) is 3.41. The lowest BCUT2D eigenvalue weighted by Crippen LogP contribution is -2.42. The van der Waals surface area contributed by atoms with E-state index in [1.807, 2.05) is 6.92 Å². The van der Waals surface area contributed by atoms with Gasteiger partial charge in [0.15, 0.2) is 0 Å². The van der Waals surface area contributed by atoms with Crippen LogP contribution in [0.25, 0.3) is 0 Å². The summed E-state index contributed by atoms with van der Waals surface area (Å²) in [6.45, 7) is 2.03. The Morgan fingerprint density at radius 2 is 1.67 bits per heavy atom. The molecule has 2 aliphatic carbocycles. The summed E-state index contributed by atoms with van der Waals surface area (Å²) in [5, 5.41) is 12.2. The Hall–Kier alpha value is -1.06. The Labute approximate surface area is 108 Å². The van der Waals surface area contributed by atoms with Gasteiger partial charge in [-0.25, -0.2) is 0 Å². The van der Waals surface area contributed by atoms with E-state index in [1.165, 1.54) is 19.3 Å². The monoisotopic (exact) mass is 253 g/mol. The molecule has 0 aliphatic heterocycles. The molecule has 0 radical (unpaired) electrons. The Balaban J connectivity index is 1.92. The maximum atomic E-state index is 12.2. The van der Waals surface area contributed by atoms with Gasteiger partial charge in [-0.3, -0.25) is 9.59 Å². The maximum Gasteiger partial charge on any atom is 0.307 e. The second-order valence-corrected chi connectivity index (χ2v) is 5.97. The fourth-order valence-electron chi connectivity index (χ4n) is 3.41. The van der Waals surface area contributed by atoms with Crippen molar-refractivity contribution >= 4 is 11.9 Å². The van der Waals surface area contributed by atoms with Crippen molar-refractivity contribution in [3.63, 3.8) is 0 Å². The van der Waals surface area contributed by atoms with Gasteiger partial charge >= 0.3 is 5.97 Å². The molecule has 4 heteroatoms. The van der Waals surface area contributed by atoms with Crippen molar-refractivity contribution in [2.24, 2.45) is 17.8 Å². The van der Waals surface area contributed by atoms with Gasteiger partial charge in [-0.15, -0.1) is 0 Å². The third kappa shape index (κ3) is 3.03. The van der Waals surface area contributed by atoms with Crippen LogP contribution in [-0.4, -0.2) is 23.0 Å². The van der Waals surface area contributed by atoms with Crippen LogP contribution in [0.3, 0.4) is 0 Å². The smallest absolute Gasteiger partial charge is 0.307 e. The van der Waals surface area contributed by atoms with E-state index in [1.54, 1.807) is 0 Å². The van der Waals surface area contributed by atoms with E-state index in [4.69, 9.17) is 0 Å². The average molecular weight is 253 g/mol. The van der Waals surface area contributed by atoms with Crippen LogP contribution in [0.4, 0.5) is 0 Å². The predicted octanol–water partition coefficient (Wildman–Crippen LogP) is 2.18. The van der Waals surface area contributed by atoms with Crippen molar-refractivity contribution in [3.05, 3.63) is 0 Å². The minimum Gasteiger partial charge on any atom is -0.481 e. The number of carboxylic acid groups (broad SMARTS) is 1. The van der Waals surface area contributed by atoms with E-state index in [0.29, 0.717) is 12.3 Å². The SMILES string of the molecule is CC1CC(C(=O)O)C(C(=O)NC2CCCCC2)C1. The van der Waals surface area contributed by atoms with Crippen LogP contribution in [0.2, 0.25) is 0 Å². The molecule has 2 saturated carbocycles. The summed E-state index contributed by atoms with van der Waals surface area (Å²) in [5.41, 5.74) is 0. The zero-order valence-electron chi connectivity index (χ0n) is 11.0. The van der Waals surface area contributed by atoms with E-state index in [9.17, 15) is 14.7 Å². The number of aliphatic carboxylic acids is 1. The van der Waals surface area contributed by atoms with Crippen molar-refractivity contribution in [3.8, 4) is 0 Å². The molecule has 0 spiro atoms. The number of carbonyl (C=O) groups excluding carboxylic acids is 1. The van der Waals surface area contributed by atoms with Crippen LogP contribution >= 0.6 is 0 Å². The fraction of sp³-hybridized carbons (Fsp3) is 0.857. The molecule has 0 saturated heterocycles. The molecule has 2 rings (SSSR count). The zero-order valence-corrected chi connectivity index (χ0v) is 11.0. The lowest BCUT2D eigenvalue weighted by Gasteiger charge is -2.25. The van der Waals surface area contributed by atoms with Crippen LogP contribution in [0, 0.1) is 17.8 Å². The van der Waals surface area contributed by atoms with E-state index in [2.05, 4.69) is 5.32 Å². The average Bonchev–Trinajstić information content (AvgIpc) is 2.73. The minimum atomic E-state index is -0.817. The first-order valence-electron chi connectivity index (χ1n) is 7.11. The lowest BCUT2D eigenvalue weighted by molar-refractivity contribution is -0.146. The third-order valence-electron chi connectivity index (χ3n) is 4.40. The number of amides is 1. The van der Waals surface area contributed by atoms with Gasteiger partial charge in [-0.1, -0.05) is 26.2 Å². The molecule has 2 fully saturated rings. The third-order valence-corrected chi connectivity index (χ3v) is 4.40. The van der Waals surface area contributed by atoms with Crippen molar-refractivity contribution in [1.29, 1.82) is 0 Å². The quantitative estimate of drug-likeness (QED) is 0.810. The van der Waals surface area contributed by atoms with E-state index in [0.717, 1.165) is 19.3 Å². The van der Waals surface area contributed by atoms with Crippen molar-refractivity contribution in [1.82, 2.24) is 5.32 Å². The van der Waals surface area contributed by atoms with Crippen LogP contribution in [0.1, 0.15) is 51.9 Å². The van der Waals surface area contributed by atoms with E-state index < -0.39 is 11.9 Å². The van der Waals surface area contributed by atoms with Crippen molar-refractivity contribution < 1.29 is 14.7 Å². The molecular formula is C14H23NO3. The Kier molecular flexibility index (Phi) is 4.25. The summed E-state index contributed by atoms with van der Waals surface area (Å²) in [5.74, 6) is -1.31. The molecule has 0 bridgehead atoms. The molecule has 18 heavy (non-hydrogen) atoms. The molecule has 0 aromatic heterocycles. The summed E-state index contributed by atoms with van der Waals surface area (Å²) in [6, 6.07) is 0.275. The first kappa shape index (κ1) is 13.4. The minimum absolute atomic E-state index is 0.0290. The number of nitrogens with one attached hydrogen (secondary N) is 1. The van der Waals surface area contributed by atoms with E-state index >= 15 is 0 Å². The van der Waals surface area contributed by atoms with Crippen molar-refractivity contribution in [2.45, 2.75) is 57.9 Å². The van der Waals surface area contributed by atoms with Gasteiger partial charge < -0.3 is 10.4 Å². The number of carbonyl (C=O) groups is 2. The number of hydrogen-bond donors (Lipinski definition) is 2. The van der Waals surface area contributed by atoms with Crippen LogP contribution < -0.4 is 5.32 Å². The molecule has 0 heterocycles. The molecule has 0 aromatic rings. The second-order valence-electron chi connectivity index (χ2n) is 5.97. The van der Waals surface area contributed by atoms with Gasteiger partial charge in [0.25, 0.3) is 0 Å². The number of carboxylic acids is 1. The van der Waals surface area contributed by atoms with Crippen LogP contribution in [-0.2, 0) is 9.59 Å². The Morgan fingerprint density at radius 3 is 2.28 bits per heavy atom.